The highest BCUT2D eigenvalue weighted by Gasteiger charge is 2.32. The summed E-state index contributed by atoms with van der Waals surface area (Å²) in [5.74, 6) is 0.115. The molecule has 2 fully saturated rings. The van der Waals surface area contributed by atoms with Crippen LogP contribution in [-0.4, -0.2) is 37.5 Å². The van der Waals surface area contributed by atoms with E-state index in [1.54, 1.807) is 6.20 Å². The van der Waals surface area contributed by atoms with Gasteiger partial charge in [-0.25, -0.2) is 4.98 Å². The quantitative estimate of drug-likeness (QED) is 0.454. The molecule has 0 bridgehead atoms. The number of allylic oxidation sites excluding steroid dienone is 1. The van der Waals surface area contributed by atoms with Crippen LogP contribution >= 0.6 is 0 Å². The summed E-state index contributed by atoms with van der Waals surface area (Å²) in [6.07, 6.45) is 4.84. The molecule has 3 aromatic rings. The number of rotatable bonds is 6. The van der Waals surface area contributed by atoms with E-state index in [9.17, 15) is 13.2 Å². The fourth-order valence-electron chi connectivity index (χ4n) is 4.35. The minimum atomic E-state index is -4.41. The van der Waals surface area contributed by atoms with Crippen LogP contribution in [0.2, 0.25) is 0 Å². The van der Waals surface area contributed by atoms with Crippen molar-refractivity contribution in [3.05, 3.63) is 59.5 Å². The first-order chi connectivity index (χ1) is 15.8. The van der Waals surface area contributed by atoms with Crippen molar-refractivity contribution in [2.75, 3.05) is 6.61 Å². The van der Waals surface area contributed by atoms with Crippen molar-refractivity contribution in [3.63, 3.8) is 0 Å². The summed E-state index contributed by atoms with van der Waals surface area (Å²) in [4.78, 5) is 13.8. The Kier molecular flexibility index (Phi) is 5.68. The molecule has 4 heterocycles. The Hall–Kier alpha value is -2.81. The van der Waals surface area contributed by atoms with Gasteiger partial charge in [-0.05, 0) is 51.5 Å². The van der Waals surface area contributed by atoms with E-state index in [2.05, 4.69) is 27.8 Å². The normalized spacial score (nSPS) is 21.5. The number of aryl methyl sites for hydroxylation is 2. The van der Waals surface area contributed by atoms with Crippen molar-refractivity contribution < 1.29 is 17.9 Å². The van der Waals surface area contributed by atoms with Gasteiger partial charge in [0.05, 0.1) is 35.2 Å². The van der Waals surface area contributed by atoms with Crippen molar-refractivity contribution >= 4 is 11.0 Å². The van der Waals surface area contributed by atoms with E-state index in [1.165, 1.54) is 12.8 Å². The molecule has 0 aromatic carbocycles. The van der Waals surface area contributed by atoms with Crippen LogP contribution in [0, 0.1) is 6.92 Å². The highest BCUT2D eigenvalue weighted by atomic mass is 19.4. The lowest BCUT2D eigenvalue weighted by atomic mass is 9.89. The van der Waals surface area contributed by atoms with Gasteiger partial charge in [0.2, 0.25) is 0 Å². The van der Waals surface area contributed by atoms with E-state index >= 15 is 0 Å². The predicted molar refractivity (Wildman–Crippen MR) is 117 cm³/mol. The fraction of sp³-hybridized carbons (Fsp3) is 0.500. The Labute approximate surface area is 189 Å². The van der Waals surface area contributed by atoms with Crippen LogP contribution in [0.15, 0.2) is 36.8 Å². The number of alkyl halides is 3. The Morgan fingerprint density at radius 1 is 1.21 bits per heavy atom. The molecule has 5 rings (SSSR count). The zero-order valence-corrected chi connectivity index (χ0v) is 18.5. The van der Waals surface area contributed by atoms with Gasteiger partial charge >= 0.3 is 6.18 Å². The van der Waals surface area contributed by atoms with Gasteiger partial charge in [0.1, 0.15) is 5.52 Å². The minimum Gasteiger partial charge on any atom is -0.373 e. The van der Waals surface area contributed by atoms with E-state index in [-0.39, 0.29) is 24.9 Å². The SMILES string of the molecule is C=C(CCc1nc(C2CCOC(c3cnn(C4CC4)c3)C2)cc2nc(C)cnc12)C(F)(F)F. The van der Waals surface area contributed by atoms with Gasteiger partial charge in [-0.2, -0.15) is 18.3 Å². The molecule has 33 heavy (non-hydrogen) atoms. The molecular formula is C24H26F3N5O. The largest absolute Gasteiger partial charge is 0.412 e. The number of ether oxygens (including phenoxy) is 1. The number of aromatic nitrogens is 5. The summed E-state index contributed by atoms with van der Waals surface area (Å²) in [6, 6.07) is 2.44. The molecule has 1 saturated carbocycles. The summed E-state index contributed by atoms with van der Waals surface area (Å²) in [5.41, 5.74) is 3.63. The standard InChI is InChI=1S/C24H26F3N5O/c1-14(24(25,26)27)3-6-19-23-21(30-15(2)11-28-23)10-20(31-19)16-7-8-33-22(9-16)17-12-29-32(13-17)18-4-5-18/h10-13,16,18,22H,1,3-9H2,2H3. The number of halogens is 3. The zero-order valence-electron chi connectivity index (χ0n) is 18.5. The second-order valence-electron chi connectivity index (χ2n) is 9.04. The minimum absolute atomic E-state index is 0.0780. The van der Waals surface area contributed by atoms with Gasteiger partial charge in [0, 0.05) is 41.7 Å². The summed E-state index contributed by atoms with van der Waals surface area (Å²) >= 11 is 0. The molecule has 1 saturated heterocycles. The maximum absolute atomic E-state index is 13.0. The third-order valence-corrected chi connectivity index (χ3v) is 6.42. The number of pyridine rings is 1. The first-order valence-corrected chi connectivity index (χ1v) is 11.3. The summed E-state index contributed by atoms with van der Waals surface area (Å²) in [5, 5.41) is 4.48. The van der Waals surface area contributed by atoms with Crippen molar-refractivity contribution in [1.82, 2.24) is 24.7 Å². The number of nitrogens with zero attached hydrogens (tertiary/aromatic N) is 5. The average molecular weight is 458 g/mol. The number of hydrogen-bond acceptors (Lipinski definition) is 5. The zero-order chi connectivity index (χ0) is 23.2. The molecule has 9 heteroatoms. The Morgan fingerprint density at radius 3 is 2.79 bits per heavy atom. The molecule has 2 aliphatic rings. The van der Waals surface area contributed by atoms with Crippen LogP contribution in [0.1, 0.15) is 72.8 Å². The Balaban J connectivity index is 1.42. The van der Waals surface area contributed by atoms with Crippen molar-refractivity contribution in [1.29, 1.82) is 0 Å². The molecule has 1 aliphatic heterocycles. The van der Waals surface area contributed by atoms with Crippen molar-refractivity contribution in [2.24, 2.45) is 0 Å². The molecule has 0 radical (unpaired) electrons. The molecule has 3 aromatic heterocycles. The first-order valence-electron chi connectivity index (χ1n) is 11.3. The van der Waals surface area contributed by atoms with Crippen LogP contribution in [0.25, 0.3) is 11.0 Å². The molecule has 174 valence electrons. The second-order valence-corrected chi connectivity index (χ2v) is 9.04. The maximum Gasteiger partial charge on any atom is 0.412 e. The molecule has 1 aliphatic carbocycles. The summed E-state index contributed by atoms with van der Waals surface area (Å²) in [6.45, 7) is 5.63. The molecular weight excluding hydrogens is 431 g/mol. The molecule has 6 nitrogen and oxygen atoms in total. The van der Waals surface area contributed by atoms with Gasteiger partial charge in [-0.15, -0.1) is 0 Å². The van der Waals surface area contributed by atoms with Crippen LogP contribution in [0.5, 0.6) is 0 Å². The van der Waals surface area contributed by atoms with Crippen LogP contribution in [-0.2, 0) is 11.2 Å². The van der Waals surface area contributed by atoms with E-state index < -0.39 is 11.7 Å². The molecule has 0 N–H and O–H groups in total. The monoisotopic (exact) mass is 457 g/mol. The molecule has 0 spiro atoms. The van der Waals surface area contributed by atoms with Gasteiger partial charge in [-0.3, -0.25) is 14.6 Å². The molecule has 2 atom stereocenters. The van der Waals surface area contributed by atoms with E-state index in [0.29, 0.717) is 29.4 Å². The van der Waals surface area contributed by atoms with Crippen LogP contribution in [0.3, 0.4) is 0 Å². The maximum atomic E-state index is 13.0. The lowest BCUT2D eigenvalue weighted by Crippen LogP contribution is -2.20. The molecule has 2 unspecified atom stereocenters. The Bertz CT molecular complexity index is 1180. The van der Waals surface area contributed by atoms with E-state index in [0.717, 1.165) is 29.8 Å². The first kappa shape index (κ1) is 22.0. The smallest absolute Gasteiger partial charge is 0.373 e. The van der Waals surface area contributed by atoms with E-state index in [4.69, 9.17) is 9.72 Å². The average Bonchev–Trinajstić information content (AvgIpc) is 3.52. The van der Waals surface area contributed by atoms with Gasteiger partial charge in [-0.1, -0.05) is 6.58 Å². The topological polar surface area (TPSA) is 65.7 Å². The molecule has 0 amide bonds. The van der Waals surface area contributed by atoms with Gasteiger partial charge in [0.25, 0.3) is 0 Å². The third kappa shape index (κ3) is 4.78. The second kappa shape index (κ2) is 8.52. The van der Waals surface area contributed by atoms with Crippen molar-refractivity contribution in [3.8, 4) is 0 Å². The van der Waals surface area contributed by atoms with Gasteiger partial charge < -0.3 is 4.74 Å². The summed E-state index contributed by atoms with van der Waals surface area (Å²) in [7, 11) is 0. The highest BCUT2D eigenvalue weighted by Crippen LogP contribution is 2.40. The summed E-state index contributed by atoms with van der Waals surface area (Å²) < 4.78 is 47.0. The lowest BCUT2D eigenvalue weighted by Gasteiger charge is -2.29. The van der Waals surface area contributed by atoms with E-state index in [1.807, 2.05) is 23.9 Å². The van der Waals surface area contributed by atoms with Gasteiger partial charge in [0.15, 0.2) is 0 Å². The van der Waals surface area contributed by atoms with Crippen LogP contribution in [0.4, 0.5) is 13.2 Å². The predicted octanol–water partition coefficient (Wildman–Crippen LogP) is 5.55. The number of fused-ring (bicyclic) bond motifs is 1. The fourth-order valence-corrected chi connectivity index (χ4v) is 4.35. The Morgan fingerprint density at radius 2 is 2.03 bits per heavy atom. The highest BCUT2D eigenvalue weighted by molar-refractivity contribution is 5.77. The number of hydrogen-bond donors (Lipinski definition) is 0. The third-order valence-electron chi connectivity index (χ3n) is 6.42. The van der Waals surface area contributed by atoms with Crippen molar-refractivity contribution in [2.45, 2.75) is 69.7 Å². The van der Waals surface area contributed by atoms with Crippen LogP contribution < -0.4 is 0 Å². The lowest BCUT2D eigenvalue weighted by molar-refractivity contribution is -0.0935.